The molecule has 1 N–H and O–H groups in total. The maximum Gasteiger partial charge on any atom is 0.255 e. The van der Waals surface area contributed by atoms with Crippen molar-refractivity contribution in [2.45, 2.75) is 33.7 Å². The van der Waals surface area contributed by atoms with Crippen LogP contribution in [0.15, 0.2) is 28.7 Å². The van der Waals surface area contributed by atoms with Gasteiger partial charge in [-0.2, -0.15) is 5.10 Å². The van der Waals surface area contributed by atoms with Crippen molar-refractivity contribution in [2.75, 3.05) is 5.32 Å². The van der Waals surface area contributed by atoms with E-state index in [2.05, 4.69) is 40.2 Å². The summed E-state index contributed by atoms with van der Waals surface area (Å²) in [6.45, 7) is 8.01. The number of anilines is 1. The lowest BCUT2D eigenvalue weighted by Crippen LogP contribution is -2.13. The Morgan fingerprint density at radius 2 is 1.85 bits per heavy atom. The highest BCUT2D eigenvalue weighted by atomic mass is 79.9. The Bertz CT molecular complexity index is 629. The first kappa shape index (κ1) is 14.8. The molecule has 2 aromatic rings. The van der Waals surface area contributed by atoms with Gasteiger partial charge in [-0.3, -0.25) is 9.48 Å². The van der Waals surface area contributed by atoms with Gasteiger partial charge in [0.1, 0.15) is 0 Å². The first-order chi connectivity index (χ1) is 9.40. The van der Waals surface area contributed by atoms with Crippen LogP contribution in [0.25, 0.3) is 0 Å². The largest absolute Gasteiger partial charge is 0.319 e. The molecule has 1 aromatic carbocycles. The highest BCUT2D eigenvalue weighted by Crippen LogP contribution is 2.23. The Balaban J connectivity index is 2.26. The first-order valence-electron chi connectivity index (χ1n) is 6.52. The van der Waals surface area contributed by atoms with Crippen LogP contribution in [-0.2, 0) is 0 Å². The summed E-state index contributed by atoms with van der Waals surface area (Å²) in [6.07, 6.45) is 0. The second-order valence-corrected chi connectivity index (χ2v) is 5.96. The van der Waals surface area contributed by atoms with E-state index in [1.54, 1.807) is 12.1 Å². The van der Waals surface area contributed by atoms with Gasteiger partial charge in [-0.05, 0) is 52.0 Å². The molecule has 1 heterocycles. The molecule has 20 heavy (non-hydrogen) atoms. The fourth-order valence-corrected chi connectivity index (χ4v) is 2.40. The van der Waals surface area contributed by atoms with E-state index < -0.39 is 0 Å². The lowest BCUT2D eigenvalue weighted by molar-refractivity contribution is 0.102. The standard InChI is InChI=1S/C15H18BrN3O/c1-9(2)19-11(4)14(10(3)18-19)17-15(20)12-5-7-13(16)8-6-12/h5-9H,1-4H3,(H,17,20). The summed E-state index contributed by atoms with van der Waals surface area (Å²) in [5, 5.41) is 7.42. The molecule has 0 saturated heterocycles. The van der Waals surface area contributed by atoms with E-state index >= 15 is 0 Å². The summed E-state index contributed by atoms with van der Waals surface area (Å²) in [7, 11) is 0. The lowest BCUT2D eigenvalue weighted by atomic mass is 10.2. The highest BCUT2D eigenvalue weighted by Gasteiger charge is 2.16. The SMILES string of the molecule is Cc1nn(C(C)C)c(C)c1NC(=O)c1ccc(Br)cc1. The van der Waals surface area contributed by atoms with Crippen molar-refractivity contribution < 1.29 is 4.79 Å². The van der Waals surface area contributed by atoms with Crippen LogP contribution in [0.2, 0.25) is 0 Å². The minimum Gasteiger partial charge on any atom is -0.319 e. The van der Waals surface area contributed by atoms with E-state index in [4.69, 9.17) is 0 Å². The number of rotatable bonds is 3. The normalized spacial score (nSPS) is 10.9. The number of hydrogen-bond acceptors (Lipinski definition) is 2. The maximum atomic E-state index is 12.2. The predicted octanol–water partition coefficient (Wildman–Crippen LogP) is 4.10. The fraction of sp³-hybridized carbons (Fsp3) is 0.333. The average molecular weight is 336 g/mol. The molecule has 106 valence electrons. The number of aryl methyl sites for hydroxylation is 1. The van der Waals surface area contributed by atoms with Crippen LogP contribution in [0.5, 0.6) is 0 Å². The minimum absolute atomic E-state index is 0.119. The van der Waals surface area contributed by atoms with Crippen molar-refractivity contribution in [1.82, 2.24) is 9.78 Å². The number of halogens is 1. The van der Waals surface area contributed by atoms with Crippen molar-refractivity contribution >= 4 is 27.5 Å². The summed E-state index contributed by atoms with van der Waals surface area (Å²) in [6, 6.07) is 7.55. The smallest absolute Gasteiger partial charge is 0.255 e. The van der Waals surface area contributed by atoms with Gasteiger partial charge >= 0.3 is 0 Å². The zero-order valence-corrected chi connectivity index (χ0v) is 13.7. The number of nitrogens with one attached hydrogen (secondary N) is 1. The Hall–Kier alpha value is -1.62. The summed E-state index contributed by atoms with van der Waals surface area (Å²) in [5.74, 6) is -0.119. The van der Waals surface area contributed by atoms with E-state index in [9.17, 15) is 4.79 Å². The third-order valence-corrected chi connectivity index (χ3v) is 3.69. The molecule has 0 aliphatic carbocycles. The molecule has 0 aliphatic rings. The van der Waals surface area contributed by atoms with Crippen LogP contribution in [0.1, 0.15) is 41.6 Å². The molecule has 0 atom stereocenters. The molecule has 5 heteroatoms. The van der Waals surface area contributed by atoms with Crippen LogP contribution < -0.4 is 5.32 Å². The molecule has 0 spiro atoms. The number of amides is 1. The van der Waals surface area contributed by atoms with Crippen molar-refractivity contribution in [1.29, 1.82) is 0 Å². The quantitative estimate of drug-likeness (QED) is 0.917. The van der Waals surface area contributed by atoms with Crippen LogP contribution in [0.4, 0.5) is 5.69 Å². The summed E-state index contributed by atoms with van der Waals surface area (Å²) >= 11 is 3.36. The van der Waals surface area contributed by atoms with Crippen molar-refractivity contribution in [3.8, 4) is 0 Å². The van der Waals surface area contributed by atoms with E-state index in [1.807, 2.05) is 30.7 Å². The Kier molecular flexibility index (Phi) is 4.28. The second-order valence-electron chi connectivity index (χ2n) is 5.05. The third kappa shape index (κ3) is 2.93. The molecule has 0 aliphatic heterocycles. The number of carbonyl (C=O) groups excluding carboxylic acids is 1. The van der Waals surface area contributed by atoms with E-state index in [0.29, 0.717) is 5.56 Å². The number of hydrogen-bond donors (Lipinski definition) is 1. The first-order valence-corrected chi connectivity index (χ1v) is 7.32. The summed E-state index contributed by atoms with van der Waals surface area (Å²) in [5.41, 5.74) is 3.24. The van der Waals surface area contributed by atoms with E-state index in [-0.39, 0.29) is 11.9 Å². The van der Waals surface area contributed by atoms with E-state index in [0.717, 1.165) is 21.5 Å². The van der Waals surface area contributed by atoms with Crippen molar-refractivity contribution in [3.05, 3.63) is 45.7 Å². The fourth-order valence-electron chi connectivity index (χ4n) is 2.13. The van der Waals surface area contributed by atoms with Crippen molar-refractivity contribution in [3.63, 3.8) is 0 Å². The zero-order chi connectivity index (χ0) is 14.9. The van der Waals surface area contributed by atoms with Gasteiger partial charge in [0.2, 0.25) is 0 Å². The molecule has 1 aromatic heterocycles. The van der Waals surface area contributed by atoms with Crippen LogP contribution in [0, 0.1) is 13.8 Å². The minimum atomic E-state index is -0.119. The number of carbonyl (C=O) groups is 1. The number of benzene rings is 1. The molecule has 0 fully saturated rings. The van der Waals surface area contributed by atoms with Gasteiger partial charge in [-0.25, -0.2) is 0 Å². The third-order valence-electron chi connectivity index (χ3n) is 3.16. The topological polar surface area (TPSA) is 46.9 Å². The molecule has 0 unspecified atom stereocenters. The molecular weight excluding hydrogens is 318 g/mol. The van der Waals surface area contributed by atoms with Gasteiger partial charge in [0, 0.05) is 16.1 Å². The average Bonchev–Trinajstić information content (AvgIpc) is 2.67. The van der Waals surface area contributed by atoms with Gasteiger partial charge in [0.15, 0.2) is 0 Å². The second kappa shape index (κ2) is 5.79. The monoisotopic (exact) mass is 335 g/mol. The molecule has 0 radical (unpaired) electrons. The Morgan fingerprint density at radius 1 is 1.25 bits per heavy atom. The van der Waals surface area contributed by atoms with Crippen LogP contribution in [-0.4, -0.2) is 15.7 Å². The van der Waals surface area contributed by atoms with Gasteiger partial charge in [-0.15, -0.1) is 0 Å². The molecule has 0 saturated carbocycles. The number of aromatic nitrogens is 2. The summed E-state index contributed by atoms with van der Waals surface area (Å²) in [4.78, 5) is 12.2. The molecule has 1 amide bonds. The Morgan fingerprint density at radius 3 is 2.35 bits per heavy atom. The predicted molar refractivity (Wildman–Crippen MR) is 84.2 cm³/mol. The van der Waals surface area contributed by atoms with Crippen LogP contribution in [0.3, 0.4) is 0 Å². The summed E-state index contributed by atoms with van der Waals surface area (Å²) < 4.78 is 2.88. The zero-order valence-electron chi connectivity index (χ0n) is 12.1. The van der Waals surface area contributed by atoms with Crippen LogP contribution >= 0.6 is 15.9 Å². The molecule has 2 rings (SSSR count). The van der Waals surface area contributed by atoms with E-state index in [1.165, 1.54) is 0 Å². The van der Waals surface area contributed by atoms with Gasteiger partial charge in [-0.1, -0.05) is 15.9 Å². The molecule has 4 nitrogen and oxygen atoms in total. The number of nitrogens with zero attached hydrogens (tertiary/aromatic N) is 2. The van der Waals surface area contributed by atoms with Crippen molar-refractivity contribution in [2.24, 2.45) is 0 Å². The molecule has 0 bridgehead atoms. The van der Waals surface area contributed by atoms with Gasteiger partial charge in [0.05, 0.1) is 17.1 Å². The lowest BCUT2D eigenvalue weighted by Gasteiger charge is -2.09. The highest BCUT2D eigenvalue weighted by molar-refractivity contribution is 9.10. The maximum absolute atomic E-state index is 12.2. The van der Waals surface area contributed by atoms with Gasteiger partial charge < -0.3 is 5.32 Å². The Labute approximate surface area is 127 Å². The van der Waals surface area contributed by atoms with Gasteiger partial charge in [0.25, 0.3) is 5.91 Å². The molecular formula is C15H18BrN3O.